The Labute approximate surface area is 257 Å². The maximum atomic E-state index is 12.4. The molecule has 1 unspecified atom stereocenters. The SMILES string of the molecule is CCCCCCCCCCCCCCCC(CC(=O)OC(C)(C)C)OC(=O)CNC(=O)CNC(=O)CCCCCCC. The Hall–Kier alpha value is -2.12. The van der Waals surface area contributed by atoms with Crippen LogP contribution in [0.15, 0.2) is 0 Å². The monoisotopic (exact) mass is 596 g/mol. The first kappa shape index (κ1) is 39.9. The Bertz CT molecular complexity index is 719. The van der Waals surface area contributed by atoms with Crippen molar-refractivity contribution in [1.82, 2.24) is 10.6 Å². The van der Waals surface area contributed by atoms with Gasteiger partial charge in [-0.25, -0.2) is 0 Å². The largest absolute Gasteiger partial charge is 0.460 e. The number of carbonyl (C=O) groups is 4. The molecule has 2 N–H and O–H groups in total. The summed E-state index contributed by atoms with van der Waals surface area (Å²) in [5, 5.41) is 5.08. The van der Waals surface area contributed by atoms with Crippen LogP contribution in [0.25, 0.3) is 0 Å². The number of ether oxygens (including phenoxy) is 2. The smallest absolute Gasteiger partial charge is 0.325 e. The van der Waals surface area contributed by atoms with E-state index in [2.05, 4.69) is 24.5 Å². The summed E-state index contributed by atoms with van der Waals surface area (Å²) < 4.78 is 11.0. The van der Waals surface area contributed by atoms with Crippen LogP contribution < -0.4 is 10.6 Å². The molecule has 0 aromatic heterocycles. The van der Waals surface area contributed by atoms with E-state index in [1.54, 1.807) is 20.8 Å². The zero-order valence-corrected chi connectivity index (χ0v) is 27.8. The Balaban J connectivity index is 4.30. The van der Waals surface area contributed by atoms with Crippen LogP contribution in [0.5, 0.6) is 0 Å². The Morgan fingerprint density at radius 2 is 1.02 bits per heavy atom. The lowest BCUT2D eigenvalue weighted by atomic mass is 10.0. The zero-order valence-electron chi connectivity index (χ0n) is 27.8. The molecule has 0 heterocycles. The third-order valence-corrected chi connectivity index (χ3v) is 7.13. The second kappa shape index (κ2) is 26.5. The van der Waals surface area contributed by atoms with Crippen molar-refractivity contribution < 1.29 is 28.7 Å². The van der Waals surface area contributed by atoms with Crippen LogP contribution >= 0.6 is 0 Å². The highest BCUT2D eigenvalue weighted by molar-refractivity contribution is 5.87. The maximum Gasteiger partial charge on any atom is 0.325 e. The van der Waals surface area contributed by atoms with Gasteiger partial charge in [0.1, 0.15) is 18.2 Å². The first-order chi connectivity index (χ1) is 20.1. The predicted octanol–water partition coefficient (Wildman–Crippen LogP) is 7.70. The minimum absolute atomic E-state index is 0.0104. The van der Waals surface area contributed by atoms with Crippen molar-refractivity contribution in [3.63, 3.8) is 0 Å². The summed E-state index contributed by atoms with van der Waals surface area (Å²) in [7, 11) is 0. The predicted molar refractivity (Wildman–Crippen MR) is 170 cm³/mol. The number of hydrogen-bond acceptors (Lipinski definition) is 6. The van der Waals surface area contributed by atoms with Crippen molar-refractivity contribution in [2.75, 3.05) is 13.1 Å². The molecule has 2 amide bonds. The van der Waals surface area contributed by atoms with Gasteiger partial charge in [0.15, 0.2) is 0 Å². The van der Waals surface area contributed by atoms with Crippen LogP contribution in [0, 0.1) is 0 Å². The van der Waals surface area contributed by atoms with Crippen LogP contribution in [-0.4, -0.2) is 48.5 Å². The van der Waals surface area contributed by atoms with Gasteiger partial charge in [-0.15, -0.1) is 0 Å². The highest BCUT2D eigenvalue weighted by Crippen LogP contribution is 2.17. The van der Waals surface area contributed by atoms with Gasteiger partial charge in [0.2, 0.25) is 11.8 Å². The molecule has 0 aliphatic heterocycles. The van der Waals surface area contributed by atoms with Crippen molar-refractivity contribution in [2.24, 2.45) is 0 Å². The van der Waals surface area contributed by atoms with Crippen molar-refractivity contribution >= 4 is 23.8 Å². The van der Waals surface area contributed by atoms with E-state index in [1.165, 1.54) is 64.2 Å². The summed E-state index contributed by atoms with van der Waals surface area (Å²) >= 11 is 0. The number of hydrogen-bond donors (Lipinski definition) is 2. The van der Waals surface area contributed by atoms with Gasteiger partial charge in [-0.1, -0.05) is 117 Å². The van der Waals surface area contributed by atoms with E-state index < -0.39 is 29.6 Å². The van der Waals surface area contributed by atoms with Crippen molar-refractivity contribution in [3.8, 4) is 0 Å². The minimum atomic E-state index is -0.616. The number of unbranched alkanes of at least 4 members (excludes halogenated alkanes) is 16. The zero-order chi connectivity index (χ0) is 31.5. The molecular formula is C34H64N2O6. The minimum Gasteiger partial charge on any atom is -0.460 e. The number of amides is 2. The molecule has 0 saturated heterocycles. The lowest BCUT2D eigenvalue weighted by Crippen LogP contribution is -2.40. The molecule has 8 heteroatoms. The number of rotatable bonds is 27. The van der Waals surface area contributed by atoms with Crippen LogP contribution in [0.1, 0.15) is 169 Å². The van der Waals surface area contributed by atoms with Gasteiger partial charge in [-0.05, 0) is 40.0 Å². The molecule has 8 nitrogen and oxygen atoms in total. The van der Waals surface area contributed by atoms with Gasteiger partial charge in [-0.3, -0.25) is 19.2 Å². The van der Waals surface area contributed by atoms with Gasteiger partial charge in [0.25, 0.3) is 0 Å². The molecule has 1 atom stereocenters. The normalized spacial score (nSPS) is 12.0. The number of nitrogens with one attached hydrogen (secondary N) is 2. The van der Waals surface area contributed by atoms with Gasteiger partial charge in [0.05, 0.1) is 13.0 Å². The molecule has 0 aromatic rings. The molecule has 0 saturated carbocycles. The highest BCUT2D eigenvalue weighted by Gasteiger charge is 2.23. The van der Waals surface area contributed by atoms with Crippen molar-refractivity contribution in [3.05, 3.63) is 0 Å². The van der Waals surface area contributed by atoms with Crippen LogP contribution in [0.2, 0.25) is 0 Å². The van der Waals surface area contributed by atoms with Gasteiger partial charge < -0.3 is 20.1 Å². The Morgan fingerprint density at radius 3 is 1.52 bits per heavy atom. The molecule has 42 heavy (non-hydrogen) atoms. The maximum absolute atomic E-state index is 12.4. The highest BCUT2D eigenvalue weighted by atomic mass is 16.6. The van der Waals surface area contributed by atoms with Gasteiger partial charge >= 0.3 is 11.9 Å². The molecule has 0 rings (SSSR count). The lowest BCUT2D eigenvalue weighted by molar-refractivity contribution is -0.161. The van der Waals surface area contributed by atoms with E-state index >= 15 is 0 Å². The molecule has 0 aliphatic carbocycles. The van der Waals surface area contributed by atoms with E-state index in [-0.39, 0.29) is 25.4 Å². The summed E-state index contributed by atoms with van der Waals surface area (Å²) in [6.45, 7) is 9.31. The summed E-state index contributed by atoms with van der Waals surface area (Å²) in [6.07, 6.45) is 21.8. The molecule has 0 radical (unpaired) electrons. The van der Waals surface area contributed by atoms with E-state index in [4.69, 9.17) is 9.47 Å². The summed E-state index contributed by atoms with van der Waals surface area (Å²) in [5.74, 6) is -1.63. The fourth-order valence-corrected chi connectivity index (χ4v) is 4.78. The molecule has 0 aromatic carbocycles. The first-order valence-electron chi connectivity index (χ1n) is 17.0. The summed E-state index contributed by atoms with van der Waals surface area (Å²) in [6, 6.07) is 0. The van der Waals surface area contributed by atoms with Crippen molar-refractivity contribution in [1.29, 1.82) is 0 Å². The third-order valence-electron chi connectivity index (χ3n) is 7.13. The van der Waals surface area contributed by atoms with Crippen LogP contribution in [-0.2, 0) is 28.7 Å². The average Bonchev–Trinajstić information content (AvgIpc) is 2.92. The van der Waals surface area contributed by atoms with Crippen LogP contribution in [0.4, 0.5) is 0 Å². The molecule has 0 spiro atoms. The Morgan fingerprint density at radius 1 is 0.571 bits per heavy atom. The first-order valence-corrected chi connectivity index (χ1v) is 17.0. The fourth-order valence-electron chi connectivity index (χ4n) is 4.78. The molecule has 246 valence electrons. The Kier molecular flexibility index (Phi) is 25.2. The molecule has 0 fully saturated rings. The van der Waals surface area contributed by atoms with E-state index in [0.717, 1.165) is 51.4 Å². The lowest BCUT2D eigenvalue weighted by Gasteiger charge is -2.22. The number of esters is 2. The van der Waals surface area contributed by atoms with Gasteiger partial charge in [0, 0.05) is 6.42 Å². The van der Waals surface area contributed by atoms with E-state index in [0.29, 0.717) is 12.8 Å². The summed E-state index contributed by atoms with van der Waals surface area (Å²) in [5.41, 5.74) is -0.616. The average molecular weight is 597 g/mol. The molecule has 0 aliphatic rings. The molecular weight excluding hydrogens is 532 g/mol. The topological polar surface area (TPSA) is 111 Å². The van der Waals surface area contributed by atoms with Crippen molar-refractivity contribution in [2.45, 2.75) is 181 Å². The number of carbonyl (C=O) groups excluding carboxylic acids is 4. The quantitative estimate of drug-likeness (QED) is 0.0742. The second-order valence-electron chi connectivity index (χ2n) is 12.7. The third kappa shape index (κ3) is 28.0. The van der Waals surface area contributed by atoms with E-state index in [9.17, 15) is 19.2 Å². The standard InChI is InChI=1S/C34H64N2O6/c1-6-8-10-12-13-14-15-16-17-18-19-21-22-24-29(26-32(39)42-34(3,4)5)41-33(40)28-36-31(38)27-35-30(37)25-23-20-11-9-7-2/h29H,6-28H2,1-5H3,(H,35,37)(H,36,38). The fraction of sp³-hybridized carbons (Fsp3) is 0.882. The van der Waals surface area contributed by atoms with E-state index in [1.807, 2.05) is 0 Å². The van der Waals surface area contributed by atoms with Gasteiger partial charge in [-0.2, -0.15) is 0 Å². The molecule has 0 bridgehead atoms. The van der Waals surface area contributed by atoms with Crippen LogP contribution in [0.3, 0.4) is 0 Å². The second-order valence-corrected chi connectivity index (χ2v) is 12.7. The summed E-state index contributed by atoms with van der Waals surface area (Å²) in [4.78, 5) is 48.8.